The highest BCUT2D eigenvalue weighted by Crippen LogP contribution is 2.37. The van der Waals surface area contributed by atoms with Crippen molar-refractivity contribution in [2.24, 2.45) is 11.3 Å². The number of fused-ring (bicyclic) bond motifs is 1. The van der Waals surface area contributed by atoms with Crippen molar-refractivity contribution in [3.63, 3.8) is 0 Å². The van der Waals surface area contributed by atoms with E-state index in [0.717, 1.165) is 44.7 Å². The third-order valence-corrected chi connectivity index (χ3v) is 5.58. The number of rotatable bonds is 2. The zero-order valence-electron chi connectivity index (χ0n) is 14.0. The summed E-state index contributed by atoms with van der Waals surface area (Å²) in [6.07, 6.45) is 2.95. The van der Waals surface area contributed by atoms with Crippen molar-refractivity contribution in [2.45, 2.75) is 6.42 Å². The van der Waals surface area contributed by atoms with E-state index in [1.54, 1.807) is 0 Å². The predicted molar refractivity (Wildman–Crippen MR) is 102 cm³/mol. The van der Waals surface area contributed by atoms with Crippen molar-refractivity contribution < 1.29 is 9.18 Å². The second-order valence-corrected chi connectivity index (χ2v) is 6.85. The van der Waals surface area contributed by atoms with Gasteiger partial charge in [-0.15, -0.1) is 24.8 Å². The van der Waals surface area contributed by atoms with Crippen LogP contribution in [0.5, 0.6) is 0 Å². The van der Waals surface area contributed by atoms with Gasteiger partial charge in [0.25, 0.3) is 0 Å². The van der Waals surface area contributed by atoms with E-state index in [0.29, 0.717) is 12.5 Å². The lowest BCUT2D eigenvalue weighted by atomic mass is 9.79. The van der Waals surface area contributed by atoms with Gasteiger partial charge in [0, 0.05) is 45.2 Å². The lowest BCUT2D eigenvalue weighted by molar-refractivity contribution is -0.141. The van der Waals surface area contributed by atoms with Gasteiger partial charge >= 0.3 is 0 Å². The summed E-state index contributed by atoms with van der Waals surface area (Å²) in [6.45, 7) is 4.84. The van der Waals surface area contributed by atoms with E-state index < -0.39 is 0 Å². The van der Waals surface area contributed by atoms with Crippen LogP contribution in [0.3, 0.4) is 0 Å². The molecule has 0 bridgehead atoms. The quantitative estimate of drug-likeness (QED) is 0.816. The topological polar surface area (TPSA) is 44.4 Å². The van der Waals surface area contributed by atoms with E-state index in [1.807, 2.05) is 17.0 Å². The molecule has 1 amide bonds. The average molecular weight is 388 g/mol. The fraction of sp³-hybridized carbons (Fsp3) is 0.500. The first-order chi connectivity index (χ1) is 11.2. The van der Waals surface area contributed by atoms with Crippen LogP contribution in [0.25, 0.3) is 5.57 Å². The molecule has 0 unspecified atom stereocenters. The number of nitrogens with zero attached hydrogens (tertiary/aromatic N) is 1. The van der Waals surface area contributed by atoms with E-state index in [9.17, 15) is 9.18 Å². The van der Waals surface area contributed by atoms with Crippen LogP contribution in [-0.4, -0.2) is 50.1 Å². The number of amides is 1. The van der Waals surface area contributed by atoms with Gasteiger partial charge in [-0.25, -0.2) is 4.39 Å². The van der Waals surface area contributed by atoms with Crippen LogP contribution in [0.2, 0.25) is 0 Å². The Labute approximate surface area is 160 Å². The molecule has 0 atom stereocenters. The Bertz CT molecular complexity index is 640. The number of carbonyl (C=O) groups excluding carboxylic acids is 1. The fourth-order valence-electron chi connectivity index (χ4n) is 4.17. The smallest absolute Gasteiger partial charge is 0.232 e. The van der Waals surface area contributed by atoms with Gasteiger partial charge in [0.15, 0.2) is 0 Å². The number of hydrogen-bond acceptors (Lipinski definition) is 3. The summed E-state index contributed by atoms with van der Waals surface area (Å²) in [7, 11) is 0. The number of nitrogens with one attached hydrogen (secondary N) is 2. The van der Waals surface area contributed by atoms with Crippen LogP contribution < -0.4 is 10.6 Å². The summed E-state index contributed by atoms with van der Waals surface area (Å²) in [4.78, 5) is 15.0. The van der Waals surface area contributed by atoms with Crippen molar-refractivity contribution in [2.75, 3.05) is 39.3 Å². The minimum atomic E-state index is -0.249. The lowest BCUT2D eigenvalue weighted by Gasteiger charge is -2.35. The molecule has 4 nitrogen and oxygen atoms in total. The third-order valence-electron chi connectivity index (χ3n) is 5.58. The molecule has 3 aliphatic rings. The van der Waals surface area contributed by atoms with Crippen LogP contribution in [0.1, 0.15) is 12.0 Å². The monoisotopic (exact) mass is 387 g/mol. The zero-order chi connectivity index (χ0) is 15.9. The predicted octanol–water partition coefficient (Wildman–Crippen LogP) is 2.09. The van der Waals surface area contributed by atoms with Crippen LogP contribution in [0, 0.1) is 17.2 Å². The molecule has 2 saturated heterocycles. The van der Waals surface area contributed by atoms with E-state index >= 15 is 0 Å². The minimum absolute atomic E-state index is 0. The number of halogens is 3. The molecule has 0 radical (unpaired) electrons. The molecule has 4 rings (SSSR count). The Hall–Kier alpha value is -1.14. The highest BCUT2D eigenvalue weighted by Gasteiger charge is 2.53. The standard InChI is InChI=1S/C18H22FN3O.2ClH/c19-16-3-1-13(2-4-16)14-5-7-22(8-6-14)17(23)18-11-20-9-15(18)10-21-12-18;;/h1-5,15,20-21H,6-12H2;2*1H. The highest BCUT2D eigenvalue weighted by atomic mass is 35.5. The van der Waals surface area contributed by atoms with Crippen molar-refractivity contribution in [1.29, 1.82) is 0 Å². The maximum absolute atomic E-state index is 13.1. The van der Waals surface area contributed by atoms with Gasteiger partial charge in [0.2, 0.25) is 5.91 Å². The molecule has 1 aromatic carbocycles. The van der Waals surface area contributed by atoms with Gasteiger partial charge < -0.3 is 15.5 Å². The largest absolute Gasteiger partial charge is 0.338 e. The van der Waals surface area contributed by atoms with Gasteiger partial charge in [-0.1, -0.05) is 18.2 Å². The lowest BCUT2D eigenvalue weighted by Crippen LogP contribution is -2.50. The summed E-state index contributed by atoms with van der Waals surface area (Å²) in [5.74, 6) is 0.485. The second kappa shape index (κ2) is 8.04. The summed E-state index contributed by atoms with van der Waals surface area (Å²) in [5, 5.41) is 6.77. The van der Waals surface area contributed by atoms with Crippen LogP contribution in [0.15, 0.2) is 30.3 Å². The Morgan fingerprint density at radius 2 is 1.76 bits per heavy atom. The van der Waals surface area contributed by atoms with E-state index in [4.69, 9.17) is 0 Å². The van der Waals surface area contributed by atoms with Crippen LogP contribution in [-0.2, 0) is 4.79 Å². The average Bonchev–Trinajstić information content (AvgIpc) is 3.16. The molecule has 2 fully saturated rings. The molecule has 0 aliphatic carbocycles. The molecule has 0 saturated carbocycles. The maximum atomic E-state index is 13.1. The Morgan fingerprint density at radius 3 is 2.32 bits per heavy atom. The van der Waals surface area contributed by atoms with Gasteiger partial charge in [-0.3, -0.25) is 4.79 Å². The van der Waals surface area contributed by atoms with Crippen molar-refractivity contribution in [3.05, 3.63) is 41.7 Å². The van der Waals surface area contributed by atoms with Crippen molar-refractivity contribution in [1.82, 2.24) is 15.5 Å². The summed E-state index contributed by atoms with van der Waals surface area (Å²) < 4.78 is 13.0. The maximum Gasteiger partial charge on any atom is 0.232 e. The summed E-state index contributed by atoms with van der Waals surface area (Å²) in [6, 6.07) is 6.61. The number of hydrogen-bond donors (Lipinski definition) is 2. The SMILES string of the molecule is Cl.Cl.O=C(N1CC=C(c2ccc(F)cc2)CC1)C12CNCC1CNC2. The molecule has 3 heterocycles. The number of benzene rings is 1. The fourth-order valence-corrected chi connectivity index (χ4v) is 4.17. The number of carbonyl (C=O) groups is 1. The first kappa shape index (κ1) is 20.2. The van der Waals surface area contributed by atoms with E-state index in [2.05, 4.69) is 16.7 Å². The van der Waals surface area contributed by atoms with Crippen molar-refractivity contribution >= 4 is 36.3 Å². The zero-order valence-corrected chi connectivity index (χ0v) is 15.6. The molecule has 1 aromatic rings. The Kier molecular flexibility index (Phi) is 6.49. The van der Waals surface area contributed by atoms with E-state index in [-0.39, 0.29) is 42.0 Å². The van der Waals surface area contributed by atoms with Crippen LogP contribution >= 0.6 is 24.8 Å². The normalized spacial score (nSPS) is 27.8. The second-order valence-electron chi connectivity index (χ2n) is 6.85. The minimum Gasteiger partial charge on any atom is -0.338 e. The van der Waals surface area contributed by atoms with Gasteiger partial charge in [-0.2, -0.15) is 0 Å². The molecular weight excluding hydrogens is 364 g/mol. The van der Waals surface area contributed by atoms with Crippen molar-refractivity contribution in [3.8, 4) is 0 Å². The van der Waals surface area contributed by atoms with Gasteiger partial charge in [0.1, 0.15) is 5.82 Å². The van der Waals surface area contributed by atoms with Crippen LogP contribution in [0.4, 0.5) is 4.39 Å². The van der Waals surface area contributed by atoms with E-state index in [1.165, 1.54) is 17.7 Å². The molecule has 0 aromatic heterocycles. The first-order valence-electron chi connectivity index (χ1n) is 8.35. The molecule has 0 spiro atoms. The summed E-state index contributed by atoms with van der Waals surface area (Å²) >= 11 is 0. The molecule has 138 valence electrons. The molecule has 2 N–H and O–H groups in total. The first-order valence-corrected chi connectivity index (χ1v) is 8.35. The molecule has 3 aliphatic heterocycles. The van der Waals surface area contributed by atoms with Gasteiger partial charge in [0.05, 0.1) is 5.41 Å². The van der Waals surface area contributed by atoms with Gasteiger partial charge in [-0.05, 0) is 29.7 Å². The summed E-state index contributed by atoms with van der Waals surface area (Å²) in [5.41, 5.74) is 2.01. The Balaban J connectivity index is 0.00000113. The molecule has 25 heavy (non-hydrogen) atoms. The Morgan fingerprint density at radius 1 is 1.12 bits per heavy atom. The molecule has 7 heteroatoms. The molecular formula is C18H24Cl2FN3O. The highest BCUT2D eigenvalue weighted by molar-refractivity contribution is 5.86. The third kappa shape index (κ3) is 3.56.